The fourth-order valence-corrected chi connectivity index (χ4v) is 1.68. The Morgan fingerprint density at radius 3 is 2.87 bits per heavy atom. The standard InChI is InChI=1S/C11H14FN3/c1-7(2)6-15-10-4-3-8(12)5-9(10)14-11(15)13/h3-5,7H,6H2,1-2H3,(H2,13,14). The Bertz CT molecular complexity index is 488. The van der Waals surface area contributed by atoms with Crippen LogP contribution in [0, 0.1) is 11.7 Å². The molecule has 0 aliphatic rings. The number of imidazole rings is 1. The highest BCUT2D eigenvalue weighted by atomic mass is 19.1. The summed E-state index contributed by atoms with van der Waals surface area (Å²) in [7, 11) is 0. The van der Waals surface area contributed by atoms with Crippen molar-refractivity contribution in [2.45, 2.75) is 20.4 Å². The molecular weight excluding hydrogens is 193 g/mol. The van der Waals surface area contributed by atoms with Crippen LogP contribution in [-0.2, 0) is 6.54 Å². The fourth-order valence-electron chi connectivity index (χ4n) is 1.68. The zero-order valence-electron chi connectivity index (χ0n) is 8.87. The van der Waals surface area contributed by atoms with Crippen LogP contribution >= 0.6 is 0 Å². The van der Waals surface area contributed by atoms with Crippen LogP contribution in [0.1, 0.15) is 13.8 Å². The molecule has 0 saturated carbocycles. The van der Waals surface area contributed by atoms with E-state index < -0.39 is 0 Å². The van der Waals surface area contributed by atoms with Crippen molar-refractivity contribution in [3.05, 3.63) is 24.0 Å². The molecule has 2 aromatic rings. The number of benzene rings is 1. The molecule has 0 saturated heterocycles. The van der Waals surface area contributed by atoms with Crippen molar-refractivity contribution >= 4 is 17.0 Å². The van der Waals surface area contributed by atoms with E-state index in [0.29, 0.717) is 17.4 Å². The minimum Gasteiger partial charge on any atom is -0.369 e. The fraction of sp³-hybridized carbons (Fsp3) is 0.364. The molecule has 0 bridgehead atoms. The van der Waals surface area contributed by atoms with Crippen LogP contribution in [-0.4, -0.2) is 9.55 Å². The average Bonchev–Trinajstić information content (AvgIpc) is 2.41. The largest absolute Gasteiger partial charge is 0.369 e. The molecular formula is C11H14FN3. The van der Waals surface area contributed by atoms with Gasteiger partial charge >= 0.3 is 0 Å². The van der Waals surface area contributed by atoms with Crippen LogP contribution in [0.3, 0.4) is 0 Å². The molecule has 0 aliphatic carbocycles. The normalized spacial score (nSPS) is 11.5. The maximum absolute atomic E-state index is 13.0. The molecule has 0 radical (unpaired) electrons. The molecule has 0 spiro atoms. The number of hydrogen-bond donors (Lipinski definition) is 1. The summed E-state index contributed by atoms with van der Waals surface area (Å²) in [4.78, 5) is 4.13. The second-order valence-corrected chi connectivity index (χ2v) is 4.11. The number of rotatable bonds is 2. The number of halogens is 1. The van der Waals surface area contributed by atoms with E-state index in [1.54, 1.807) is 6.07 Å². The van der Waals surface area contributed by atoms with Crippen LogP contribution in [0.15, 0.2) is 18.2 Å². The minimum atomic E-state index is -0.281. The molecule has 3 nitrogen and oxygen atoms in total. The first-order valence-corrected chi connectivity index (χ1v) is 4.99. The van der Waals surface area contributed by atoms with Crippen molar-refractivity contribution < 1.29 is 4.39 Å². The van der Waals surface area contributed by atoms with Gasteiger partial charge in [-0.1, -0.05) is 13.8 Å². The predicted octanol–water partition coefficient (Wildman–Crippen LogP) is 2.41. The van der Waals surface area contributed by atoms with Crippen molar-refractivity contribution in [2.75, 3.05) is 5.73 Å². The molecule has 1 aromatic heterocycles. The zero-order chi connectivity index (χ0) is 11.0. The summed E-state index contributed by atoms with van der Waals surface area (Å²) in [5.74, 6) is 0.649. The molecule has 0 unspecified atom stereocenters. The van der Waals surface area contributed by atoms with Crippen LogP contribution in [0.4, 0.5) is 10.3 Å². The molecule has 1 aromatic carbocycles. The number of anilines is 1. The Hall–Kier alpha value is -1.58. The maximum atomic E-state index is 13.0. The number of hydrogen-bond acceptors (Lipinski definition) is 2. The Morgan fingerprint density at radius 1 is 1.47 bits per heavy atom. The lowest BCUT2D eigenvalue weighted by Gasteiger charge is -2.08. The van der Waals surface area contributed by atoms with Crippen molar-refractivity contribution in [3.63, 3.8) is 0 Å². The smallest absolute Gasteiger partial charge is 0.201 e. The van der Waals surface area contributed by atoms with Gasteiger partial charge in [0.25, 0.3) is 0 Å². The third-order valence-electron chi connectivity index (χ3n) is 2.29. The molecule has 1 heterocycles. The Morgan fingerprint density at radius 2 is 2.20 bits per heavy atom. The van der Waals surface area contributed by atoms with Gasteiger partial charge in [-0.2, -0.15) is 0 Å². The molecule has 4 heteroatoms. The van der Waals surface area contributed by atoms with Gasteiger partial charge in [0.15, 0.2) is 0 Å². The zero-order valence-corrected chi connectivity index (χ0v) is 8.87. The SMILES string of the molecule is CC(C)Cn1c(N)nc2cc(F)ccc21. The summed E-state index contributed by atoms with van der Waals surface area (Å²) in [5, 5.41) is 0. The van der Waals surface area contributed by atoms with Gasteiger partial charge in [0.1, 0.15) is 5.82 Å². The quantitative estimate of drug-likeness (QED) is 0.821. The Kier molecular flexibility index (Phi) is 2.34. The van der Waals surface area contributed by atoms with E-state index in [2.05, 4.69) is 18.8 Å². The highest BCUT2D eigenvalue weighted by molar-refractivity contribution is 5.78. The first kappa shape index (κ1) is 9.96. The van der Waals surface area contributed by atoms with Crippen molar-refractivity contribution in [1.82, 2.24) is 9.55 Å². The van der Waals surface area contributed by atoms with Gasteiger partial charge in [0.05, 0.1) is 11.0 Å². The minimum absolute atomic E-state index is 0.281. The lowest BCUT2D eigenvalue weighted by molar-refractivity contribution is 0.537. The van der Waals surface area contributed by atoms with Crippen molar-refractivity contribution in [3.8, 4) is 0 Å². The van der Waals surface area contributed by atoms with Gasteiger partial charge in [-0.05, 0) is 18.1 Å². The van der Waals surface area contributed by atoms with E-state index in [1.807, 2.05) is 4.57 Å². The van der Waals surface area contributed by atoms with Crippen LogP contribution in [0.25, 0.3) is 11.0 Å². The topological polar surface area (TPSA) is 43.8 Å². The molecule has 0 aliphatic heterocycles. The summed E-state index contributed by atoms with van der Waals surface area (Å²) >= 11 is 0. The number of nitrogens with zero attached hydrogens (tertiary/aromatic N) is 2. The number of fused-ring (bicyclic) bond motifs is 1. The second kappa shape index (κ2) is 3.53. The lowest BCUT2D eigenvalue weighted by atomic mass is 10.2. The third-order valence-corrected chi connectivity index (χ3v) is 2.29. The van der Waals surface area contributed by atoms with Gasteiger partial charge in [-0.25, -0.2) is 9.37 Å². The van der Waals surface area contributed by atoms with E-state index in [0.717, 1.165) is 12.1 Å². The molecule has 15 heavy (non-hydrogen) atoms. The van der Waals surface area contributed by atoms with Crippen LogP contribution in [0.2, 0.25) is 0 Å². The van der Waals surface area contributed by atoms with Crippen LogP contribution in [0.5, 0.6) is 0 Å². The maximum Gasteiger partial charge on any atom is 0.201 e. The lowest BCUT2D eigenvalue weighted by Crippen LogP contribution is -2.07. The molecule has 0 atom stereocenters. The summed E-state index contributed by atoms with van der Waals surface area (Å²) in [6, 6.07) is 4.55. The van der Waals surface area contributed by atoms with E-state index in [4.69, 9.17) is 5.73 Å². The highest BCUT2D eigenvalue weighted by Gasteiger charge is 2.09. The molecule has 80 valence electrons. The van der Waals surface area contributed by atoms with Gasteiger partial charge < -0.3 is 10.3 Å². The summed E-state index contributed by atoms with van der Waals surface area (Å²) < 4.78 is 14.9. The number of aromatic nitrogens is 2. The van der Waals surface area contributed by atoms with Crippen LogP contribution < -0.4 is 5.73 Å². The van der Waals surface area contributed by atoms with Gasteiger partial charge in [-0.15, -0.1) is 0 Å². The first-order chi connectivity index (χ1) is 7.08. The Labute approximate surface area is 87.7 Å². The van der Waals surface area contributed by atoms with E-state index in [9.17, 15) is 4.39 Å². The summed E-state index contributed by atoms with van der Waals surface area (Å²) in [6.45, 7) is 5.01. The molecule has 0 amide bonds. The Balaban J connectivity index is 2.58. The summed E-state index contributed by atoms with van der Waals surface area (Å²) in [5.41, 5.74) is 7.29. The first-order valence-electron chi connectivity index (χ1n) is 4.99. The highest BCUT2D eigenvalue weighted by Crippen LogP contribution is 2.20. The third kappa shape index (κ3) is 1.79. The van der Waals surface area contributed by atoms with Crippen molar-refractivity contribution in [1.29, 1.82) is 0 Å². The van der Waals surface area contributed by atoms with Gasteiger partial charge in [-0.3, -0.25) is 0 Å². The predicted molar refractivity (Wildman–Crippen MR) is 58.9 cm³/mol. The van der Waals surface area contributed by atoms with E-state index >= 15 is 0 Å². The summed E-state index contributed by atoms with van der Waals surface area (Å²) in [6.07, 6.45) is 0. The average molecular weight is 207 g/mol. The molecule has 2 rings (SSSR count). The van der Waals surface area contributed by atoms with E-state index in [1.165, 1.54) is 12.1 Å². The van der Waals surface area contributed by atoms with Gasteiger partial charge in [0, 0.05) is 12.6 Å². The van der Waals surface area contributed by atoms with E-state index in [-0.39, 0.29) is 5.82 Å². The van der Waals surface area contributed by atoms with Crippen molar-refractivity contribution in [2.24, 2.45) is 5.92 Å². The number of nitrogens with two attached hydrogens (primary N) is 1. The number of nitrogen functional groups attached to an aromatic ring is 1. The molecule has 2 N–H and O–H groups in total. The monoisotopic (exact) mass is 207 g/mol. The van der Waals surface area contributed by atoms with Gasteiger partial charge in [0.2, 0.25) is 5.95 Å². The molecule has 0 fully saturated rings. The second-order valence-electron chi connectivity index (χ2n) is 4.11.